The van der Waals surface area contributed by atoms with E-state index in [1.807, 2.05) is 0 Å². The highest BCUT2D eigenvalue weighted by molar-refractivity contribution is 5.72. The maximum absolute atomic E-state index is 12.9. The third-order valence-corrected chi connectivity index (χ3v) is 1.59. The van der Waals surface area contributed by atoms with Crippen LogP contribution >= 0.6 is 0 Å². The molecule has 0 heterocycles. The monoisotopic (exact) mass is 265 g/mol. The minimum Gasteiger partial charge on any atom is -0.466 e. The second-order valence-electron chi connectivity index (χ2n) is 2.87. The average molecular weight is 265 g/mol. The Balaban J connectivity index is 4.99. The standard InChI is InChI=1S/C8H9F6NO2/c1-2-17-5(16)3-4(9)6(15)7(10,11)8(12,13)14/h2-3,15H2,1H3. The van der Waals surface area contributed by atoms with Crippen LogP contribution in [-0.4, -0.2) is 24.7 Å². The van der Waals surface area contributed by atoms with Crippen molar-refractivity contribution >= 4 is 5.97 Å². The van der Waals surface area contributed by atoms with Gasteiger partial charge in [0.1, 0.15) is 11.5 Å². The highest BCUT2D eigenvalue weighted by Crippen LogP contribution is 2.40. The van der Waals surface area contributed by atoms with E-state index in [1.165, 1.54) is 6.92 Å². The summed E-state index contributed by atoms with van der Waals surface area (Å²) in [6.45, 7) is 1.19. The SMILES string of the molecule is CCOC(=O)CC(F)=C(N)C(F)(F)C(F)(F)F. The number of hydrogen-bond donors (Lipinski definition) is 1. The van der Waals surface area contributed by atoms with Gasteiger partial charge in [0.05, 0.1) is 13.0 Å². The molecule has 0 saturated carbocycles. The first-order chi connectivity index (χ1) is 7.54. The van der Waals surface area contributed by atoms with Crippen molar-refractivity contribution in [2.75, 3.05) is 6.61 Å². The number of allylic oxidation sites excluding steroid dienone is 1. The second-order valence-corrected chi connectivity index (χ2v) is 2.87. The molecule has 3 nitrogen and oxygen atoms in total. The van der Waals surface area contributed by atoms with Crippen LogP contribution in [0.5, 0.6) is 0 Å². The Morgan fingerprint density at radius 1 is 1.24 bits per heavy atom. The van der Waals surface area contributed by atoms with E-state index >= 15 is 0 Å². The lowest BCUT2D eigenvalue weighted by atomic mass is 10.2. The van der Waals surface area contributed by atoms with E-state index in [-0.39, 0.29) is 6.61 Å². The van der Waals surface area contributed by atoms with Gasteiger partial charge >= 0.3 is 18.1 Å². The number of rotatable bonds is 4. The first-order valence-corrected chi connectivity index (χ1v) is 4.28. The number of carbonyl (C=O) groups excluding carboxylic acids is 1. The molecule has 0 spiro atoms. The smallest absolute Gasteiger partial charge is 0.459 e. The zero-order valence-corrected chi connectivity index (χ0v) is 8.58. The third kappa shape index (κ3) is 3.82. The molecule has 0 bridgehead atoms. The molecule has 0 aromatic rings. The molecule has 0 aromatic heterocycles. The molecule has 0 aliphatic rings. The van der Waals surface area contributed by atoms with Gasteiger partial charge in [0.25, 0.3) is 0 Å². The van der Waals surface area contributed by atoms with E-state index in [0.29, 0.717) is 0 Å². The van der Waals surface area contributed by atoms with Crippen LogP contribution in [0.15, 0.2) is 11.5 Å². The molecule has 0 atom stereocenters. The molecule has 9 heteroatoms. The molecule has 0 amide bonds. The van der Waals surface area contributed by atoms with Crippen LogP contribution in [-0.2, 0) is 9.53 Å². The first-order valence-electron chi connectivity index (χ1n) is 4.28. The molecule has 0 aliphatic heterocycles. The van der Waals surface area contributed by atoms with Crippen LogP contribution in [0.25, 0.3) is 0 Å². The van der Waals surface area contributed by atoms with Gasteiger partial charge in [-0.15, -0.1) is 0 Å². The number of alkyl halides is 5. The maximum Gasteiger partial charge on any atom is 0.459 e. The topological polar surface area (TPSA) is 52.3 Å². The number of nitrogens with two attached hydrogens (primary N) is 1. The average Bonchev–Trinajstić information content (AvgIpc) is 2.14. The fourth-order valence-electron chi connectivity index (χ4n) is 0.757. The predicted molar refractivity (Wildman–Crippen MR) is 44.6 cm³/mol. The molecule has 0 aliphatic carbocycles. The summed E-state index contributed by atoms with van der Waals surface area (Å²) >= 11 is 0. The summed E-state index contributed by atoms with van der Waals surface area (Å²) in [5, 5.41) is 0. The summed E-state index contributed by atoms with van der Waals surface area (Å²) in [6.07, 6.45) is -7.39. The fraction of sp³-hybridized carbons (Fsp3) is 0.625. The summed E-state index contributed by atoms with van der Waals surface area (Å²) < 4.78 is 77.4. The molecule has 100 valence electrons. The molecule has 2 N–H and O–H groups in total. The van der Waals surface area contributed by atoms with Crippen molar-refractivity contribution in [1.29, 1.82) is 0 Å². The molecular weight excluding hydrogens is 256 g/mol. The lowest BCUT2D eigenvalue weighted by Gasteiger charge is -2.20. The lowest BCUT2D eigenvalue weighted by Crippen LogP contribution is -2.42. The molecule has 0 rings (SSSR count). The van der Waals surface area contributed by atoms with E-state index in [9.17, 15) is 31.1 Å². The van der Waals surface area contributed by atoms with Crippen molar-refractivity contribution < 1.29 is 35.9 Å². The maximum atomic E-state index is 12.9. The van der Waals surface area contributed by atoms with Gasteiger partial charge in [0, 0.05) is 0 Å². The van der Waals surface area contributed by atoms with Gasteiger partial charge in [0.2, 0.25) is 0 Å². The van der Waals surface area contributed by atoms with Crippen molar-refractivity contribution in [3.05, 3.63) is 11.5 Å². The Morgan fingerprint density at radius 3 is 2.06 bits per heavy atom. The van der Waals surface area contributed by atoms with Crippen molar-refractivity contribution in [3.8, 4) is 0 Å². The van der Waals surface area contributed by atoms with Crippen LogP contribution in [0.2, 0.25) is 0 Å². The Morgan fingerprint density at radius 2 is 1.71 bits per heavy atom. The van der Waals surface area contributed by atoms with Crippen LogP contribution in [0, 0.1) is 0 Å². The van der Waals surface area contributed by atoms with Gasteiger partial charge in [-0.3, -0.25) is 4.79 Å². The van der Waals surface area contributed by atoms with E-state index in [4.69, 9.17) is 0 Å². The molecule has 17 heavy (non-hydrogen) atoms. The van der Waals surface area contributed by atoms with E-state index in [2.05, 4.69) is 10.5 Å². The second kappa shape index (κ2) is 5.28. The van der Waals surface area contributed by atoms with Gasteiger partial charge in [-0.2, -0.15) is 22.0 Å². The van der Waals surface area contributed by atoms with Gasteiger partial charge in [-0.1, -0.05) is 0 Å². The minimum absolute atomic E-state index is 0.165. The predicted octanol–water partition coefficient (Wildman–Crippen LogP) is 2.28. The molecular formula is C8H9F6NO2. The van der Waals surface area contributed by atoms with Crippen LogP contribution in [0.1, 0.15) is 13.3 Å². The summed E-state index contributed by atoms with van der Waals surface area (Å²) in [4.78, 5) is 10.7. The Kier molecular flexibility index (Phi) is 4.84. The highest BCUT2D eigenvalue weighted by Gasteiger charge is 2.60. The third-order valence-electron chi connectivity index (χ3n) is 1.59. The largest absolute Gasteiger partial charge is 0.466 e. The Hall–Kier alpha value is -1.41. The van der Waals surface area contributed by atoms with Gasteiger partial charge in [-0.05, 0) is 6.92 Å². The Bertz CT molecular complexity index is 322. The van der Waals surface area contributed by atoms with Gasteiger partial charge in [0.15, 0.2) is 0 Å². The molecule has 0 radical (unpaired) electrons. The number of hydrogen-bond acceptors (Lipinski definition) is 3. The number of esters is 1. The number of carbonyl (C=O) groups is 1. The van der Waals surface area contributed by atoms with E-state index in [1.54, 1.807) is 0 Å². The number of halogens is 6. The van der Waals surface area contributed by atoms with E-state index in [0.717, 1.165) is 0 Å². The van der Waals surface area contributed by atoms with Crippen molar-refractivity contribution in [2.45, 2.75) is 25.4 Å². The Labute approximate surface area is 92.2 Å². The van der Waals surface area contributed by atoms with Crippen molar-refractivity contribution in [3.63, 3.8) is 0 Å². The minimum atomic E-state index is -6.02. The molecule has 0 unspecified atom stereocenters. The highest BCUT2D eigenvalue weighted by atomic mass is 19.4. The van der Waals surface area contributed by atoms with Gasteiger partial charge < -0.3 is 10.5 Å². The quantitative estimate of drug-likeness (QED) is 0.626. The molecule has 0 fully saturated rings. The number of ether oxygens (including phenoxy) is 1. The summed E-state index contributed by atoms with van der Waals surface area (Å²) in [7, 11) is 0. The summed E-state index contributed by atoms with van der Waals surface area (Å²) in [5.74, 6) is -8.87. The van der Waals surface area contributed by atoms with Gasteiger partial charge in [-0.25, -0.2) is 4.39 Å². The van der Waals surface area contributed by atoms with Crippen molar-refractivity contribution in [2.24, 2.45) is 5.73 Å². The lowest BCUT2D eigenvalue weighted by molar-refractivity contribution is -0.265. The van der Waals surface area contributed by atoms with Crippen molar-refractivity contribution in [1.82, 2.24) is 0 Å². The van der Waals surface area contributed by atoms with Crippen LogP contribution < -0.4 is 5.73 Å². The zero-order chi connectivity index (χ0) is 13.9. The zero-order valence-electron chi connectivity index (χ0n) is 8.58. The van der Waals surface area contributed by atoms with E-state index < -0.39 is 36.0 Å². The summed E-state index contributed by atoms with van der Waals surface area (Å²) in [6, 6.07) is 0. The first kappa shape index (κ1) is 15.6. The van der Waals surface area contributed by atoms with Crippen LogP contribution in [0.3, 0.4) is 0 Å². The molecule has 0 saturated heterocycles. The summed E-state index contributed by atoms with van der Waals surface area (Å²) in [5.41, 5.74) is 2.02. The normalized spacial score (nSPS) is 14.3. The molecule has 0 aromatic carbocycles. The van der Waals surface area contributed by atoms with Crippen LogP contribution in [0.4, 0.5) is 26.3 Å². The fourth-order valence-corrected chi connectivity index (χ4v) is 0.757.